The van der Waals surface area contributed by atoms with Gasteiger partial charge >= 0.3 is 0 Å². The lowest BCUT2D eigenvalue weighted by Crippen LogP contribution is -2.38. The van der Waals surface area contributed by atoms with Crippen molar-refractivity contribution in [3.63, 3.8) is 0 Å². The first-order valence-electron chi connectivity index (χ1n) is 8.85. The third kappa shape index (κ3) is 2.98. The van der Waals surface area contributed by atoms with E-state index < -0.39 is 5.41 Å². The Morgan fingerprint density at radius 1 is 1.27 bits per heavy atom. The number of amides is 2. The molecule has 1 aromatic carbocycles. The van der Waals surface area contributed by atoms with Crippen LogP contribution in [0.1, 0.15) is 28.8 Å². The molecule has 2 fully saturated rings. The lowest BCUT2D eigenvalue weighted by atomic mass is 9.85. The number of benzene rings is 1. The van der Waals surface area contributed by atoms with Gasteiger partial charge in [0.2, 0.25) is 5.91 Å². The van der Waals surface area contributed by atoms with Gasteiger partial charge in [0.1, 0.15) is 5.75 Å². The molecule has 6 heteroatoms. The second-order valence-corrected chi connectivity index (χ2v) is 7.88. The Labute approximate surface area is 157 Å². The molecule has 0 bridgehead atoms. The molecule has 1 atom stereocenters. The minimum Gasteiger partial charge on any atom is -0.497 e. The van der Waals surface area contributed by atoms with E-state index in [9.17, 15) is 9.59 Å². The second kappa shape index (κ2) is 6.76. The second-order valence-electron chi connectivity index (χ2n) is 7.10. The van der Waals surface area contributed by atoms with Crippen LogP contribution < -0.4 is 4.74 Å². The molecule has 0 saturated carbocycles. The van der Waals surface area contributed by atoms with Gasteiger partial charge in [-0.05, 0) is 42.0 Å². The maximum atomic E-state index is 13.1. The van der Waals surface area contributed by atoms with Crippen molar-refractivity contribution in [2.45, 2.75) is 19.4 Å². The summed E-state index contributed by atoms with van der Waals surface area (Å²) in [4.78, 5) is 29.5. The van der Waals surface area contributed by atoms with Crippen LogP contribution in [0.15, 0.2) is 41.1 Å². The molecule has 2 amide bonds. The van der Waals surface area contributed by atoms with Gasteiger partial charge in [0, 0.05) is 31.6 Å². The minimum absolute atomic E-state index is 0.0437. The van der Waals surface area contributed by atoms with Crippen molar-refractivity contribution in [3.8, 4) is 5.75 Å². The Kier molecular flexibility index (Phi) is 4.44. The summed E-state index contributed by atoms with van der Waals surface area (Å²) in [6, 6.07) is 9.69. The molecule has 0 unspecified atom stereocenters. The summed E-state index contributed by atoms with van der Waals surface area (Å²) in [6.07, 6.45) is 1.58. The van der Waals surface area contributed by atoms with E-state index in [-0.39, 0.29) is 11.8 Å². The van der Waals surface area contributed by atoms with Crippen molar-refractivity contribution in [1.29, 1.82) is 0 Å². The van der Waals surface area contributed by atoms with Crippen LogP contribution in [0.3, 0.4) is 0 Å². The molecule has 3 heterocycles. The predicted molar refractivity (Wildman–Crippen MR) is 100 cm³/mol. The quantitative estimate of drug-likeness (QED) is 0.831. The van der Waals surface area contributed by atoms with E-state index in [1.807, 2.05) is 50.9 Å². The maximum absolute atomic E-state index is 13.1. The standard InChI is InChI=1S/C20H22N2O3S/c1-25-17-4-2-3-15(11-17)12-21-8-6-20(19(21)24)7-9-22(14-20)18(23)16-5-10-26-13-16/h2-5,10-11,13H,6-9,12,14H2,1H3/t20-/m1/s1. The number of carbonyl (C=O) groups is 2. The summed E-state index contributed by atoms with van der Waals surface area (Å²) in [5.74, 6) is 1.03. The summed E-state index contributed by atoms with van der Waals surface area (Å²) in [5.41, 5.74) is 1.40. The number of hydrogen-bond donors (Lipinski definition) is 0. The van der Waals surface area contributed by atoms with Crippen LogP contribution in [0.2, 0.25) is 0 Å². The summed E-state index contributed by atoms with van der Waals surface area (Å²) in [7, 11) is 1.65. The minimum atomic E-state index is -0.398. The highest BCUT2D eigenvalue weighted by molar-refractivity contribution is 7.08. The predicted octanol–water partition coefficient (Wildman–Crippen LogP) is 3.02. The van der Waals surface area contributed by atoms with Gasteiger partial charge in [-0.15, -0.1) is 0 Å². The van der Waals surface area contributed by atoms with E-state index in [2.05, 4.69) is 0 Å². The van der Waals surface area contributed by atoms with Crippen molar-refractivity contribution in [2.75, 3.05) is 26.7 Å². The molecule has 4 rings (SSSR count). The van der Waals surface area contributed by atoms with Crippen molar-refractivity contribution in [1.82, 2.24) is 9.80 Å². The van der Waals surface area contributed by atoms with Crippen molar-refractivity contribution in [3.05, 3.63) is 52.2 Å². The van der Waals surface area contributed by atoms with Crippen LogP contribution in [0.5, 0.6) is 5.75 Å². The molecule has 0 radical (unpaired) electrons. The number of carbonyl (C=O) groups excluding carboxylic acids is 2. The maximum Gasteiger partial charge on any atom is 0.254 e. The fourth-order valence-electron chi connectivity index (χ4n) is 4.03. The summed E-state index contributed by atoms with van der Waals surface area (Å²) in [5, 5.41) is 3.79. The normalized spacial score (nSPS) is 22.4. The fraction of sp³-hybridized carbons (Fsp3) is 0.400. The average Bonchev–Trinajstić information content (AvgIpc) is 3.40. The fourth-order valence-corrected chi connectivity index (χ4v) is 4.66. The Bertz CT molecular complexity index is 820. The summed E-state index contributed by atoms with van der Waals surface area (Å²) in [6.45, 7) is 2.54. The van der Waals surface area contributed by atoms with Crippen LogP contribution >= 0.6 is 11.3 Å². The van der Waals surface area contributed by atoms with E-state index >= 15 is 0 Å². The van der Waals surface area contributed by atoms with Gasteiger partial charge in [-0.1, -0.05) is 12.1 Å². The molecule has 2 aromatic rings. The number of rotatable bonds is 4. The van der Waals surface area contributed by atoms with E-state index in [1.165, 1.54) is 11.3 Å². The van der Waals surface area contributed by atoms with Crippen LogP contribution in [0.4, 0.5) is 0 Å². The molecule has 5 nitrogen and oxygen atoms in total. The molecular formula is C20H22N2O3S. The monoisotopic (exact) mass is 370 g/mol. The van der Waals surface area contributed by atoms with Crippen molar-refractivity contribution in [2.24, 2.45) is 5.41 Å². The van der Waals surface area contributed by atoms with E-state index in [4.69, 9.17) is 4.74 Å². The molecule has 26 heavy (non-hydrogen) atoms. The van der Waals surface area contributed by atoms with E-state index in [0.29, 0.717) is 19.6 Å². The third-order valence-corrected chi connectivity index (χ3v) is 6.20. The van der Waals surface area contributed by atoms with Crippen LogP contribution in [-0.4, -0.2) is 48.4 Å². The number of thiophene rings is 1. The van der Waals surface area contributed by atoms with Crippen LogP contribution in [0, 0.1) is 5.41 Å². The van der Waals surface area contributed by atoms with Crippen molar-refractivity contribution >= 4 is 23.2 Å². The van der Waals surface area contributed by atoms with E-state index in [1.54, 1.807) is 7.11 Å². The zero-order chi connectivity index (χ0) is 18.1. The molecule has 2 aliphatic rings. The number of hydrogen-bond acceptors (Lipinski definition) is 4. The molecular weight excluding hydrogens is 348 g/mol. The number of ether oxygens (including phenoxy) is 1. The van der Waals surface area contributed by atoms with Crippen LogP contribution in [-0.2, 0) is 11.3 Å². The van der Waals surface area contributed by atoms with E-state index in [0.717, 1.165) is 36.3 Å². The number of methoxy groups -OCH3 is 1. The third-order valence-electron chi connectivity index (χ3n) is 5.52. The van der Waals surface area contributed by atoms with Gasteiger partial charge < -0.3 is 14.5 Å². The topological polar surface area (TPSA) is 49.9 Å². The molecule has 2 aliphatic heterocycles. The highest BCUT2D eigenvalue weighted by Gasteiger charge is 2.51. The Morgan fingerprint density at radius 2 is 2.12 bits per heavy atom. The molecule has 0 aliphatic carbocycles. The lowest BCUT2D eigenvalue weighted by Gasteiger charge is -2.23. The molecule has 0 N–H and O–H groups in total. The highest BCUT2D eigenvalue weighted by atomic mass is 32.1. The lowest BCUT2D eigenvalue weighted by molar-refractivity contribution is -0.135. The molecule has 2 saturated heterocycles. The van der Waals surface area contributed by atoms with Gasteiger partial charge in [0.15, 0.2) is 0 Å². The summed E-state index contributed by atoms with van der Waals surface area (Å²) < 4.78 is 5.27. The van der Waals surface area contributed by atoms with Crippen LogP contribution in [0.25, 0.3) is 0 Å². The first kappa shape index (κ1) is 17.1. The van der Waals surface area contributed by atoms with Gasteiger partial charge in [0.05, 0.1) is 18.1 Å². The molecule has 1 spiro atoms. The molecule has 1 aromatic heterocycles. The van der Waals surface area contributed by atoms with Gasteiger partial charge in [-0.25, -0.2) is 0 Å². The SMILES string of the molecule is COc1cccc(CN2CC[C@]3(CCN(C(=O)c4ccsc4)C3)C2=O)c1. The van der Waals surface area contributed by atoms with Gasteiger partial charge in [-0.3, -0.25) is 9.59 Å². The first-order chi connectivity index (χ1) is 12.6. The average molecular weight is 370 g/mol. The molecule has 136 valence electrons. The largest absolute Gasteiger partial charge is 0.497 e. The zero-order valence-electron chi connectivity index (χ0n) is 14.8. The first-order valence-corrected chi connectivity index (χ1v) is 9.79. The Balaban J connectivity index is 1.44. The van der Waals surface area contributed by atoms with Gasteiger partial charge in [-0.2, -0.15) is 11.3 Å². The number of likely N-dealkylation sites (tertiary alicyclic amines) is 2. The Hall–Kier alpha value is -2.34. The summed E-state index contributed by atoms with van der Waals surface area (Å²) >= 11 is 1.52. The highest BCUT2D eigenvalue weighted by Crippen LogP contribution is 2.41. The smallest absolute Gasteiger partial charge is 0.254 e. The number of nitrogens with zero attached hydrogens (tertiary/aromatic N) is 2. The zero-order valence-corrected chi connectivity index (χ0v) is 15.6. The van der Waals surface area contributed by atoms with Gasteiger partial charge in [0.25, 0.3) is 5.91 Å². The van der Waals surface area contributed by atoms with Crippen molar-refractivity contribution < 1.29 is 14.3 Å². The Morgan fingerprint density at radius 3 is 2.88 bits per heavy atom.